The molecule has 3 aromatic rings. The Bertz CT molecular complexity index is 1170. The van der Waals surface area contributed by atoms with Crippen molar-refractivity contribution < 1.29 is 9.59 Å². The van der Waals surface area contributed by atoms with Gasteiger partial charge in [-0.15, -0.1) is 0 Å². The molecular weight excluding hydrogens is 390 g/mol. The van der Waals surface area contributed by atoms with E-state index in [1.165, 1.54) is 0 Å². The number of benzene rings is 1. The summed E-state index contributed by atoms with van der Waals surface area (Å²) in [4.78, 5) is 32.4. The van der Waals surface area contributed by atoms with E-state index in [1.807, 2.05) is 56.1 Å². The first-order valence-corrected chi connectivity index (χ1v) is 10.9. The summed E-state index contributed by atoms with van der Waals surface area (Å²) in [7, 11) is 1.86. The van der Waals surface area contributed by atoms with Gasteiger partial charge in [0.2, 0.25) is 0 Å². The lowest BCUT2D eigenvalue weighted by Gasteiger charge is -2.23. The van der Waals surface area contributed by atoms with Crippen molar-refractivity contribution in [2.24, 2.45) is 7.05 Å². The summed E-state index contributed by atoms with van der Waals surface area (Å²) in [6, 6.07) is 10.1. The maximum absolute atomic E-state index is 13.7. The Morgan fingerprint density at radius 3 is 2.48 bits per heavy atom. The SMILES string of the molecule is Cc1cc(C(=O)N(Cc2ccc(C(=O)NC3CC3)cc2)C2CC2)c2c(C)nn(C)c2n1. The second kappa shape index (κ2) is 7.48. The average Bonchev–Trinajstić information content (AvgIpc) is 3.66. The Labute approximate surface area is 181 Å². The van der Waals surface area contributed by atoms with Crippen molar-refractivity contribution in [2.75, 3.05) is 0 Å². The molecule has 2 saturated carbocycles. The molecular formula is C24H27N5O2. The molecule has 2 amide bonds. The number of fused-ring (bicyclic) bond motifs is 1. The highest BCUT2D eigenvalue weighted by Gasteiger charge is 2.34. The smallest absolute Gasteiger partial charge is 0.255 e. The van der Waals surface area contributed by atoms with Crippen molar-refractivity contribution in [1.29, 1.82) is 0 Å². The predicted octanol–water partition coefficient (Wildman–Crippen LogP) is 3.28. The van der Waals surface area contributed by atoms with Crippen LogP contribution < -0.4 is 5.32 Å². The summed E-state index contributed by atoms with van der Waals surface area (Å²) < 4.78 is 1.74. The van der Waals surface area contributed by atoms with Gasteiger partial charge in [0, 0.05) is 36.9 Å². The summed E-state index contributed by atoms with van der Waals surface area (Å²) >= 11 is 0. The van der Waals surface area contributed by atoms with Crippen molar-refractivity contribution in [3.8, 4) is 0 Å². The monoisotopic (exact) mass is 417 g/mol. The standard InChI is InChI=1S/C24H27N5O2/c1-14-12-20(21-15(2)27-28(3)22(21)25-14)24(31)29(19-10-11-19)13-16-4-6-17(7-5-16)23(30)26-18-8-9-18/h4-7,12,18-19H,8-11,13H2,1-3H3,(H,26,30). The van der Waals surface area contributed by atoms with Gasteiger partial charge < -0.3 is 10.2 Å². The summed E-state index contributed by atoms with van der Waals surface area (Å²) in [6.45, 7) is 4.35. The number of pyridine rings is 1. The molecule has 0 radical (unpaired) electrons. The van der Waals surface area contributed by atoms with Crippen LogP contribution in [0.4, 0.5) is 0 Å². The molecule has 0 atom stereocenters. The molecule has 2 heterocycles. The number of nitrogens with one attached hydrogen (secondary N) is 1. The molecule has 0 saturated heterocycles. The lowest BCUT2D eigenvalue weighted by molar-refractivity contribution is 0.0731. The first-order chi connectivity index (χ1) is 14.9. The van der Waals surface area contributed by atoms with Gasteiger partial charge in [0.25, 0.3) is 11.8 Å². The Kier molecular flexibility index (Phi) is 4.76. The van der Waals surface area contributed by atoms with Crippen LogP contribution in [0.5, 0.6) is 0 Å². The summed E-state index contributed by atoms with van der Waals surface area (Å²) in [5, 5.41) is 8.31. The molecule has 1 aromatic carbocycles. The Hall–Kier alpha value is -3.22. The van der Waals surface area contributed by atoms with Gasteiger partial charge in [0.1, 0.15) is 0 Å². The van der Waals surface area contributed by atoms with Gasteiger partial charge in [0.15, 0.2) is 5.65 Å². The molecule has 2 aliphatic carbocycles. The molecule has 0 aliphatic heterocycles. The minimum atomic E-state index is -0.0223. The van der Waals surface area contributed by atoms with Crippen LogP contribution in [0.25, 0.3) is 11.0 Å². The highest BCUT2D eigenvalue weighted by atomic mass is 16.2. The first kappa shape index (κ1) is 19.7. The third kappa shape index (κ3) is 3.92. The number of amides is 2. The van der Waals surface area contributed by atoms with Crippen LogP contribution in [0.1, 0.15) is 63.4 Å². The quantitative estimate of drug-likeness (QED) is 0.667. The summed E-state index contributed by atoms with van der Waals surface area (Å²) in [5.74, 6) is -0.00413. The minimum absolute atomic E-state index is 0.0182. The molecule has 160 valence electrons. The number of rotatable bonds is 6. The van der Waals surface area contributed by atoms with E-state index in [-0.39, 0.29) is 17.9 Å². The van der Waals surface area contributed by atoms with Gasteiger partial charge in [-0.25, -0.2) is 4.98 Å². The number of carbonyl (C=O) groups is 2. The zero-order chi connectivity index (χ0) is 21.7. The van der Waals surface area contributed by atoms with Crippen LogP contribution in [0.3, 0.4) is 0 Å². The zero-order valence-electron chi connectivity index (χ0n) is 18.2. The molecule has 7 nitrogen and oxygen atoms in total. The maximum atomic E-state index is 13.7. The fourth-order valence-corrected chi connectivity index (χ4v) is 4.10. The van der Waals surface area contributed by atoms with Crippen molar-refractivity contribution in [3.05, 3.63) is 58.4 Å². The normalized spacial score (nSPS) is 15.8. The Morgan fingerprint density at radius 1 is 1.13 bits per heavy atom. The summed E-state index contributed by atoms with van der Waals surface area (Å²) in [5.41, 5.74) is 4.71. The molecule has 2 aliphatic rings. The third-order valence-electron chi connectivity index (χ3n) is 6.06. The van der Waals surface area contributed by atoms with E-state index in [0.29, 0.717) is 23.7 Å². The Morgan fingerprint density at radius 2 is 1.84 bits per heavy atom. The Balaban J connectivity index is 1.41. The third-order valence-corrected chi connectivity index (χ3v) is 6.06. The molecule has 1 N–H and O–H groups in total. The van der Waals surface area contributed by atoms with Gasteiger partial charge in [-0.2, -0.15) is 5.10 Å². The van der Waals surface area contributed by atoms with E-state index in [9.17, 15) is 9.59 Å². The molecule has 0 bridgehead atoms. The van der Waals surface area contributed by atoms with Gasteiger partial charge in [-0.3, -0.25) is 14.3 Å². The van der Waals surface area contributed by atoms with E-state index >= 15 is 0 Å². The average molecular weight is 418 g/mol. The van der Waals surface area contributed by atoms with Gasteiger partial charge in [-0.05, 0) is 63.3 Å². The highest BCUT2D eigenvalue weighted by molar-refractivity contribution is 6.06. The van der Waals surface area contributed by atoms with Gasteiger partial charge in [0.05, 0.1) is 16.6 Å². The van der Waals surface area contributed by atoms with Crippen molar-refractivity contribution in [1.82, 2.24) is 25.0 Å². The highest BCUT2D eigenvalue weighted by Crippen LogP contribution is 2.32. The molecule has 0 unspecified atom stereocenters. The van der Waals surface area contributed by atoms with Crippen LogP contribution in [-0.2, 0) is 13.6 Å². The predicted molar refractivity (Wildman–Crippen MR) is 118 cm³/mol. The molecule has 7 heteroatoms. The first-order valence-electron chi connectivity index (χ1n) is 10.9. The fourth-order valence-electron chi connectivity index (χ4n) is 4.10. The molecule has 2 fully saturated rings. The van der Waals surface area contributed by atoms with Crippen LogP contribution in [0, 0.1) is 13.8 Å². The van der Waals surface area contributed by atoms with Gasteiger partial charge in [-0.1, -0.05) is 12.1 Å². The number of carbonyl (C=O) groups excluding carboxylic acids is 2. The van der Waals surface area contributed by atoms with E-state index in [2.05, 4.69) is 15.4 Å². The van der Waals surface area contributed by atoms with Crippen molar-refractivity contribution in [2.45, 2.75) is 58.2 Å². The van der Waals surface area contributed by atoms with Crippen molar-refractivity contribution >= 4 is 22.8 Å². The number of aryl methyl sites for hydroxylation is 3. The van der Waals surface area contributed by atoms with Gasteiger partial charge >= 0.3 is 0 Å². The molecule has 2 aromatic heterocycles. The largest absolute Gasteiger partial charge is 0.349 e. The fraction of sp³-hybridized carbons (Fsp3) is 0.417. The molecule has 31 heavy (non-hydrogen) atoms. The van der Waals surface area contributed by atoms with E-state index in [0.717, 1.165) is 53.7 Å². The van der Waals surface area contributed by atoms with Crippen molar-refractivity contribution in [3.63, 3.8) is 0 Å². The maximum Gasteiger partial charge on any atom is 0.255 e. The second-order valence-corrected chi connectivity index (χ2v) is 8.83. The number of nitrogens with zero attached hydrogens (tertiary/aromatic N) is 4. The molecule has 5 rings (SSSR count). The number of aromatic nitrogens is 3. The summed E-state index contributed by atoms with van der Waals surface area (Å²) in [6.07, 6.45) is 4.18. The zero-order valence-corrected chi connectivity index (χ0v) is 18.2. The van der Waals surface area contributed by atoms with Crippen LogP contribution >= 0.6 is 0 Å². The van der Waals surface area contributed by atoms with E-state index in [4.69, 9.17) is 0 Å². The van der Waals surface area contributed by atoms with Crippen LogP contribution in [0.15, 0.2) is 30.3 Å². The van der Waals surface area contributed by atoms with E-state index < -0.39 is 0 Å². The minimum Gasteiger partial charge on any atom is -0.349 e. The second-order valence-electron chi connectivity index (χ2n) is 8.83. The van der Waals surface area contributed by atoms with Crippen LogP contribution in [-0.4, -0.2) is 43.6 Å². The lowest BCUT2D eigenvalue weighted by atomic mass is 10.1. The number of hydrogen-bond donors (Lipinski definition) is 1. The van der Waals surface area contributed by atoms with E-state index in [1.54, 1.807) is 4.68 Å². The molecule has 0 spiro atoms. The topological polar surface area (TPSA) is 80.1 Å². The number of hydrogen-bond acceptors (Lipinski definition) is 4. The lowest BCUT2D eigenvalue weighted by Crippen LogP contribution is -2.33. The van der Waals surface area contributed by atoms with Crippen LogP contribution in [0.2, 0.25) is 0 Å².